The molecule has 4 aliphatic heterocycles. The molecule has 2 bridgehead atoms. The number of benzene rings is 1. The molecule has 1 aromatic carbocycles. The summed E-state index contributed by atoms with van der Waals surface area (Å²) >= 11 is 0. The third-order valence-electron chi connectivity index (χ3n) is 9.11. The van der Waals surface area contributed by atoms with E-state index in [-0.39, 0.29) is 17.9 Å². The molecular formula is C29H41N5O2. The van der Waals surface area contributed by atoms with Crippen LogP contribution in [-0.2, 0) is 22.5 Å². The molecule has 3 atom stereocenters. The second-order valence-electron chi connectivity index (χ2n) is 11.2. The molecule has 2 unspecified atom stereocenters. The topological polar surface area (TPSA) is 71.4 Å². The van der Waals surface area contributed by atoms with E-state index in [4.69, 9.17) is 9.72 Å². The summed E-state index contributed by atoms with van der Waals surface area (Å²) in [5.74, 6) is 1.47. The number of fused-ring (bicyclic) bond motifs is 3. The van der Waals surface area contributed by atoms with E-state index in [1.165, 1.54) is 48.5 Å². The SMILES string of the molecule is Cc1nc2c(n1C1CC3CCC(C1)N3CC[C@H](NC(=O)C1CCOCC1)c1ccccc1)CCNC2. The quantitative estimate of drug-likeness (QED) is 0.618. The average Bonchev–Trinajstić information content (AvgIpc) is 3.37. The molecule has 36 heavy (non-hydrogen) atoms. The Labute approximate surface area is 215 Å². The minimum absolute atomic E-state index is 0.0640. The number of imidazole rings is 1. The van der Waals surface area contributed by atoms with Gasteiger partial charge in [0.15, 0.2) is 0 Å². The lowest BCUT2D eigenvalue weighted by molar-refractivity contribution is -0.128. The Morgan fingerprint density at radius 2 is 1.86 bits per heavy atom. The molecule has 1 amide bonds. The van der Waals surface area contributed by atoms with Gasteiger partial charge in [0.25, 0.3) is 0 Å². The molecule has 7 nitrogen and oxygen atoms in total. The zero-order chi connectivity index (χ0) is 24.5. The number of amides is 1. The summed E-state index contributed by atoms with van der Waals surface area (Å²) in [6, 6.07) is 12.5. The molecule has 6 rings (SSSR count). The van der Waals surface area contributed by atoms with E-state index in [1.54, 1.807) is 0 Å². The van der Waals surface area contributed by atoms with Crippen LogP contribution in [-0.4, -0.2) is 58.7 Å². The number of carbonyl (C=O) groups is 1. The maximum atomic E-state index is 13.1. The number of piperidine rings is 1. The molecule has 0 spiro atoms. The molecule has 0 radical (unpaired) electrons. The largest absolute Gasteiger partial charge is 0.381 e. The first-order valence-corrected chi connectivity index (χ1v) is 14.1. The number of hydrogen-bond acceptors (Lipinski definition) is 5. The summed E-state index contributed by atoms with van der Waals surface area (Å²) in [6.07, 6.45) is 8.75. The Hall–Kier alpha value is -2.22. The van der Waals surface area contributed by atoms with Crippen molar-refractivity contribution in [1.82, 2.24) is 25.1 Å². The number of aryl methyl sites for hydroxylation is 1. The first kappa shape index (κ1) is 24.1. The highest BCUT2D eigenvalue weighted by Crippen LogP contribution is 2.42. The van der Waals surface area contributed by atoms with Crippen molar-refractivity contribution in [3.05, 3.63) is 53.1 Å². The Morgan fingerprint density at radius 3 is 2.61 bits per heavy atom. The summed E-state index contributed by atoms with van der Waals surface area (Å²) < 4.78 is 8.07. The molecule has 0 aliphatic carbocycles. The van der Waals surface area contributed by atoms with Crippen LogP contribution >= 0.6 is 0 Å². The van der Waals surface area contributed by atoms with Gasteiger partial charge >= 0.3 is 0 Å². The van der Waals surface area contributed by atoms with Gasteiger partial charge in [-0.25, -0.2) is 4.98 Å². The fraction of sp³-hybridized carbons (Fsp3) is 0.655. The van der Waals surface area contributed by atoms with Crippen molar-refractivity contribution < 1.29 is 9.53 Å². The third-order valence-corrected chi connectivity index (χ3v) is 9.11. The van der Waals surface area contributed by atoms with Crippen LogP contribution < -0.4 is 10.6 Å². The van der Waals surface area contributed by atoms with Gasteiger partial charge in [-0.1, -0.05) is 30.3 Å². The molecule has 4 aliphatic rings. The van der Waals surface area contributed by atoms with Gasteiger partial charge < -0.3 is 19.9 Å². The normalized spacial score (nSPS) is 27.5. The molecular weight excluding hydrogens is 450 g/mol. The number of rotatable bonds is 7. The third kappa shape index (κ3) is 4.85. The Balaban J connectivity index is 1.13. The van der Waals surface area contributed by atoms with Gasteiger partial charge in [-0.05, 0) is 57.4 Å². The number of aromatic nitrogens is 2. The van der Waals surface area contributed by atoms with E-state index in [9.17, 15) is 4.79 Å². The number of hydrogen-bond donors (Lipinski definition) is 2. The Morgan fingerprint density at radius 1 is 1.11 bits per heavy atom. The highest BCUT2D eigenvalue weighted by Gasteiger charge is 2.42. The van der Waals surface area contributed by atoms with Crippen LogP contribution in [0.2, 0.25) is 0 Å². The highest BCUT2D eigenvalue weighted by atomic mass is 16.5. The van der Waals surface area contributed by atoms with Gasteiger partial charge in [-0.3, -0.25) is 9.69 Å². The van der Waals surface area contributed by atoms with Crippen LogP contribution in [0.3, 0.4) is 0 Å². The smallest absolute Gasteiger partial charge is 0.223 e. The van der Waals surface area contributed by atoms with E-state index in [2.05, 4.69) is 57.4 Å². The minimum atomic E-state index is 0.0640. The summed E-state index contributed by atoms with van der Waals surface area (Å²) in [5.41, 5.74) is 3.96. The maximum Gasteiger partial charge on any atom is 0.223 e. The van der Waals surface area contributed by atoms with Crippen LogP contribution in [0.1, 0.15) is 79.8 Å². The summed E-state index contributed by atoms with van der Waals surface area (Å²) in [7, 11) is 0. The number of carbonyl (C=O) groups excluding carboxylic acids is 1. The molecule has 7 heteroatoms. The van der Waals surface area contributed by atoms with Crippen molar-refractivity contribution in [2.24, 2.45) is 5.92 Å². The molecule has 0 saturated carbocycles. The maximum absolute atomic E-state index is 13.1. The first-order valence-electron chi connectivity index (χ1n) is 14.1. The fourth-order valence-electron chi connectivity index (χ4n) is 7.31. The van der Waals surface area contributed by atoms with Gasteiger partial charge in [-0.2, -0.15) is 0 Å². The standard InChI is InChI=1S/C29H41N5O2/c1-20-31-27-19-30-13-9-28(27)34(20)25-17-23-7-8-24(18-25)33(23)14-10-26(21-5-3-2-4-6-21)32-29(35)22-11-15-36-16-12-22/h2-6,22-26,30H,7-19H2,1H3,(H,32,35)/t23?,24?,25?,26-/m0/s1. The second kappa shape index (κ2) is 10.6. The Kier molecular flexibility index (Phi) is 7.13. The molecule has 2 aromatic rings. The van der Waals surface area contributed by atoms with E-state index in [0.717, 1.165) is 45.3 Å². The zero-order valence-electron chi connectivity index (χ0n) is 21.6. The molecule has 1 aromatic heterocycles. The predicted molar refractivity (Wildman–Crippen MR) is 140 cm³/mol. The van der Waals surface area contributed by atoms with E-state index in [1.807, 2.05) is 0 Å². The van der Waals surface area contributed by atoms with E-state index >= 15 is 0 Å². The second-order valence-corrected chi connectivity index (χ2v) is 11.2. The zero-order valence-corrected chi connectivity index (χ0v) is 21.6. The fourth-order valence-corrected chi connectivity index (χ4v) is 7.31. The minimum Gasteiger partial charge on any atom is -0.381 e. The molecule has 3 saturated heterocycles. The molecule has 2 N–H and O–H groups in total. The van der Waals surface area contributed by atoms with Crippen molar-refractivity contribution in [3.8, 4) is 0 Å². The highest BCUT2D eigenvalue weighted by molar-refractivity contribution is 5.79. The summed E-state index contributed by atoms with van der Waals surface area (Å²) in [6.45, 7) is 6.60. The molecule has 5 heterocycles. The van der Waals surface area contributed by atoms with Crippen molar-refractivity contribution in [3.63, 3.8) is 0 Å². The van der Waals surface area contributed by atoms with Crippen molar-refractivity contribution in [2.75, 3.05) is 26.3 Å². The van der Waals surface area contributed by atoms with Crippen LogP contribution in [0.15, 0.2) is 30.3 Å². The lowest BCUT2D eigenvalue weighted by Gasteiger charge is -2.41. The van der Waals surface area contributed by atoms with E-state index in [0.29, 0.717) is 31.3 Å². The van der Waals surface area contributed by atoms with Gasteiger partial charge in [0.2, 0.25) is 5.91 Å². The van der Waals surface area contributed by atoms with Gasteiger partial charge in [-0.15, -0.1) is 0 Å². The van der Waals surface area contributed by atoms with Gasteiger partial charge in [0.1, 0.15) is 5.82 Å². The van der Waals surface area contributed by atoms with Crippen molar-refractivity contribution in [1.29, 1.82) is 0 Å². The number of ether oxygens (including phenoxy) is 1. The molecule has 194 valence electrons. The van der Waals surface area contributed by atoms with Crippen LogP contribution in [0.5, 0.6) is 0 Å². The number of nitrogens with one attached hydrogen (secondary N) is 2. The van der Waals surface area contributed by atoms with Crippen molar-refractivity contribution >= 4 is 5.91 Å². The van der Waals surface area contributed by atoms with Gasteiger partial charge in [0.05, 0.1) is 11.7 Å². The predicted octanol–water partition coefficient (Wildman–Crippen LogP) is 3.68. The number of nitrogens with zero attached hydrogens (tertiary/aromatic N) is 3. The first-order chi connectivity index (χ1) is 17.7. The van der Waals surface area contributed by atoms with Crippen LogP contribution in [0.4, 0.5) is 0 Å². The Bertz CT molecular complexity index is 1030. The van der Waals surface area contributed by atoms with Gasteiger partial charge in [0, 0.05) is 69.0 Å². The lowest BCUT2D eigenvalue weighted by Crippen LogP contribution is -2.45. The average molecular weight is 492 g/mol. The van der Waals surface area contributed by atoms with Crippen LogP contribution in [0, 0.1) is 12.8 Å². The lowest BCUT2D eigenvalue weighted by atomic mass is 9.94. The monoisotopic (exact) mass is 491 g/mol. The van der Waals surface area contributed by atoms with Crippen molar-refractivity contribution in [2.45, 2.75) is 89.0 Å². The molecule has 3 fully saturated rings. The van der Waals surface area contributed by atoms with E-state index < -0.39 is 0 Å². The summed E-state index contributed by atoms with van der Waals surface area (Å²) in [5, 5.41) is 6.90. The summed E-state index contributed by atoms with van der Waals surface area (Å²) in [4.78, 5) is 20.8. The van der Waals surface area contributed by atoms with Crippen LogP contribution in [0.25, 0.3) is 0 Å².